The van der Waals surface area contributed by atoms with Crippen LogP contribution in [0.3, 0.4) is 0 Å². The number of aryl methyl sites for hydroxylation is 1. The zero-order valence-electron chi connectivity index (χ0n) is 22.7. The highest BCUT2D eigenvalue weighted by atomic mass is 32.1. The van der Waals surface area contributed by atoms with Gasteiger partial charge in [-0.05, 0) is 60.2 Å². The Morgan fingerprint density at radius 1 is 1.05 bits per heavy atom. The summed E-state index contributed by atoms with van der Waals surface area (Å²) < 4.78 is 11.9. The van der Waals surface area contributed by atoms with Crippen LogP contribution in [0.25, 0.3) is 10.2 Å². The van der Waals surface area contributed by atoms with Crippen molar-refractivity contribution in [2.75, 3.05) is 26.1 Å². The lowest BCUT2D eigenvalue weighted by molar-refractivity contribution is -0.116. The van der Waals surface area contributed by atoms with Crippen LogP contribution in [0.4, 0.5) is 5.69 Å². The Morgan fingerprint density at radius 3 is 2.44 bits per heavy atom. The molecule has 2 N–H and O–H groups in total. The van der Waals surface area contributed by atoms with E-state index in [0.29, 0.717) is 56.7 Å². The fourth-order valence-electron chi connectivity index (χ4n) is 4.23. The van der Waals surface area contributed by atoms with Crippen molar-refractivity contribution in [1.29, 1.82) is 0 Å². The SMILES string of the molecule is COc1ccc(CCNC(=O)c2sc3ncn(CC(=O)Nc4ccc(C(C)C)cc4)c(=O)c3c2C)cc1OC. The lowest BCUT2D eigenvalue weighted by atomic mass is 10.0. The first-order valence-corrected chi connectivity index (χ1v) is 13.4. The maximum atomic E-state index is 13.2. The van der Waals surface area contributed by atoms with E-state index in [0.717, 1.165) is 16.9 Å². The number of fused-ring (bicyclic) bond motifs is 1. The molecule has 4 aromatic rings. The van der Waals surface area contributed by atoms with Gasteiger partial charge in [-0.15, -0.1) is 11.3 Å². The molecule has 0 saturated carbocycles. The quantitative estimate of drug-likeness (QED) is 0.302. The lowest BCUT2D eigenvalue weighted by Gasteiger charge is -2.10. The highest BCUT2D eigenvalue weighted by Crippen LogP contribution is 2.28. The average Bonchev–Trinajstić information content (AvgIpc) is 3.27. The Kier molecular flexibility index (Phi) is 8.65. The second kappa shape index (κ2) is 12.1. The van der Waals surface area contributed by atoms with Gasteiger partial charge in [0, 0.05) is 12.2 Å². The highest BCUT2D eigenvalue weighted by molar-refractivity contribution is 7.20. The number of nitrogens with zero attached hydrogens (tertiary/aromatic N) is 2. The molecule has 2 aromatic heterocycles. The molecule has 0 aliphatic heterocycles. The van der Waals surface area contributed by atoms with Gasteiger partial charge in [-0.1, -0.05) is 32.0 Å². The van der Waals surface area contributed by atoms with Gasteiger partial charge < -0.3 is 20.1 Å². The largest absolute Gasteiger partial charge is 0.493 e. The van der Waals surface area contributed by atoms with E-state index in [2.05, 4.69) is 29.5 Å². The Hall–Kier alpha value is -4.18. The van der Waals surface area contributed by atoms with Crippen LogP contribution in [-0.4, -0.2) is 42.1 Å². The maximum Gasteiger partial charge on any atom is 0.262 e. The lowest BCUT2D eigenvalue weighted by Crippen LogP contribution is -2.28. The number of hydrogen-bond acceptors (Lipinski definition) is 7. The number of benzene rings is 2. The number of amides is 2. The van der Waals surface area contributed by atoms with E-state index in [9.17, 15) is 14.4 Å². The van der Waals surface area contributed by atoms with Crippen molar-refractivity contribution in [2.45, 2.75) is 39.7 Å². The average molecular weight is 549 g/mol. The second-order valence-electron chi connectivity index (χ2n) is 9.43. The monoisotopic (exact) mass is 548 g/mol. The fourth-order valence-corrected chi connectivity index (χ4v) is 5.29. The Labute approximate surface area is 230 Å². The molecule has 10 heteroatoms. The molecule has 4 rings (SSSR count). The predicted molar refractivity (Wildman–Crippen MR) is 153 cm³/mol. The minimum absolute atomic E-state index is 0.185. The number of rotatable bonds is 10. The maximum absolute atomic E-state index is 13.2. The molecule has 0 radical (unpaired) electrons. The van der Waals surface area contributed by atoms with Crippen molar-refractivity contribution in [3.8, 4) is 11.5 Å². The minimum atomic E-state index is -0.358. The van der Waals surface area contributed by atoms with Gasteiger partial charge in [-0.3, -0.25) is 19.0 Å². The van der Waals surface area contributed by atoms with Crippen LogP contribution in [0.5, 0.6) is 11.5 Å². The van der Waals surface area contributed by atoms with E-state index >= 15 is 0 Å². The Balaban J connectivity index is 1.43. The first kappa shape index (κ1) is 27.8. The van der Waals surface area contributed by atoms with Crippen molar-refractivity contribution in [1.82, 2.24) is 14.9 Å². The van der Waals surface area contributed by atoms with E-state index < -0.39 is 0 Å². The van der Waals surface area contributed by atoms with Gasteiger partial charge in [0.2, 0.25) is 5.91 Å². The number of thiophene rings is 1. The van der Waals surface area contributed by atoms with Gasteiger partial charge >= 0.3 is 0 Å². The van der Waals surface area contributed by atoms with Crippen LogP contribution < -0.4 is 25.7 Å². The molecule has 0 bridgehead atoms. The van der Waals surface area contributed by atoms with Gasteiger partial charge in [0.15, 0.2) is 11.5 Å². The van der Waals surface area contributed by atoms with Crippen LogP contribution in [0.2, 0.25) is 0 Å². The van der Waals surface area contributed by atoms with Gasteiger partial charge in [0.1, 0.15) is 11.4 Å². The van der Waals surface area contributed by atoms with Crippen LogP contribution in [-0.2, 0) is 17.8 Å². The van der Waals surface area contributed by atoms with Crippen molar-refractivity contribution in [3.05, 3.63) is 80.7 Å². The molecule has 204 valence electrons. The molecule has 0 spiro atoms. The van der Waals surface area contributed by atoms with Gasteiger partial charge in [-0.25, -0.2) is 4.98 Å². The first-order chi connectivity index (χ1) is 18.7. The summed E-state index contributed by atoms with van der Waals surface area (Å²) in [6.45, 7) is 6.15. The summed E-state index contributed by atoms with van der Waals surface area (Å²) in [5.41, 5.74) is 3.01. The summed E-state index contributed by atoms with van der Waals surface area (Å²) in [5.74, 6) is 1.05. The zero-order valence-corrected chi connectivity index (χ0v) is 23.5. The number of hydrogen-bond donors (Lipinski definition) is 2. The summed E-state index contributed by atoms with van der Waals surface area (Å²) in [7, 11) is 3.16. The molecular formula is C29H32N4O5S. The number of carbonyl (C=O) groups excluding carboxylic acids is 2. The van der Waals surface area contributed by atoms with Crippen LogP contribution in [0, 0.1) is 6.92 Å². The molecule has 0 saturated heterocycles. The van der Waals surface area contributed by atoms with E-state index in [1.165, 1.54) is 16.5 Å². The molecule has 2 heterocycles. The number of ether oxygens (including phenoxy) is 2. The van der Waals surface area contributed by atoms with Crippen LogP contribution in [0.1, 0.15) is 46.1 Å². The van der Waals surface area contributed by atoms with Gasteiger partial charge in [-0.2, -0.15) is 0 Å². The first-order valence-electron chi connectivity index (χ1n) is 12.6. The third-order valence-electron chi connectivity index (χ3n) is 6.45. The second-order valence-corrected chi connectivity index (χ2v) is 10.4. The molecule has 0 fully saturated rings. The molecule has 0 aliphatic carbocycles. The molecule has 0 unspecified atom stereocenters. The summed E-state index contributed by atoms with van der Waals surface area (Å²) in [6.07, 6.45) is 1.94. The molecule has 0 atom stereocenters. The van der Waals surface area contributed by atoms with Crippen LogP contribution in [0.15, 0.2) is 53.6 Å². The van der Waals surface area contributed by atoms with Crippen LogP contribution >= 0.6 is 11.3 Å². The van der Waals surface area contributed by atoms with Crippen molar-refractivity contribution in [3.63, 3.8) is 0 Å². The molecule has 2 amide bonds. The minimum Gasteiger partial charge on any atom is -0.493 e. The Bertz CT molecular complexity index is 1560. The van der Waals surface area contributed by atoms with Crippen molar-refractivity contribution >= 4 is 39.1 Å². The highest BCUT2D eigenvalue weighted by Gasteiger charge is 2.20. The van der Waals surface area contributed by atoms with E-state index in [-0.39, 0.29) is 23.9 Å². The third-order valence-corrected chi connectivity index (χ3v) is 7.64. The van der Waals surface area contributed by atoms with Crippen molar-refractivity contribution < 1.29 is 19.1 Å². The topological polar surface area (TPSA) is 112 Å². The fraction of sp³-hybridized carbons (Fsp3) is 0.310. The zero-order chi connectivity index (χ0) is 28.1. The van der Waals surface area contributed by atoms with E-state index in [4.69, 9.17) is 9.47 Å². The summed E-state index contributed by atoms with van der Waals surface area (Å²) >= 11 is 1.16. The molecule has 2 aromatic carbocycles. The number of methoxy groups -OCH3 is 2. The van der Waals surface area contributed by atoms with Crippen molar-refractivity contribution in [2.24, 2.45) is 0 Å². The number of carbonyl (C=O) groups is 2. The predicted octanol–water partition coefficient (Wildman–Crippen LogP) is 4.52. The van der Waals surface area contributed by atoms with E-state index in [1.807, 2.05) is 42.5 Å². The third kappa shape index (κ3) is 6.28. The molecular weight excluding hydrogens is 516 g/mol. The number of anilines is 1. The summed E-state index contributed by atoms with van der Waals surface area (Å²) in [4.78, 5) is 44.0. The standard InChI is InChI=1S/C29H32N4O5S/c1-17(2)20-7-9-21(10-8-20)32-24(34)15-33-16-31-28-25(29(33)36)18(3)26(39-28)27(35)30-13-12-19-6-11-22(37-4)23(14-19)38-5/h6-11,14,16-17H,12-13,15H2,1-5H3,(H,30,35)(H,32,34). The summed E-state index contributed by atoms with van der Waals surface area (Å²) in [5, 5.41) is 6.08. The van der Waals surface area contributed by atoms with E-state index in [1.54, 1.807) is 21.1 Å². The number of nitrogens with one attached hydrogen (secondary N) is 2. The normalized spacial score (nSPS) is 11.0. The molecule has 9 nitrogen and oxygen atoms in total. The van der Waals surface area contributed by atoms with Gasteiger partial charge in [0.05, 0.1) is 30.8 Å². The Morgan fingerprint density at radius 2 is 1.77 bits per heavy atom. The summed E-state index contributed by atoms with van der Waals surface area (Å²) in [6, 6.07) is 13.2. The van der Waals surface area contributed by atoms with Gasteiger partial charge in [0.25, 0.3) is 11.5 Å². The smallest absolute Gasteiger partial charge is 0.262 e. The molecule has 39 heavy (non-hydrogen) atoms. The number of aromatic nitrogens is 2. The molecule has 0 aliphatic rings.